The fraction of sp³-hybridized carbons (Fsp3) is 0.250. The van der Waals surface area contributed by atoms with E-state index in [0.717, 1.165) is 21.8 Å². The number of nitrogens with zero attached hydrogens (tertiary/aromatic N) is 2. The Kier molecular flexibility index (Phi) is 3.52. The average molecular weight is 255 g/mol. The fourth-order valence-electron chi connectivity index (χ4n) is 1.56. The van der Waals surface area contributed by atoms with E-state index in [1.807, 2.05) is 35.9 Å². The second-order valence-corrected chi connectivity index (χ2v) is 4.31. The maximum Gasteiger partial charge on any atom is 0.0677 e. The molecule has 0 fully saturated rings. The van der Waals surface area contributed by atoms with Gasteiger partial charge in [0.1, 0.15) is 0 Å². The molecule has 0 amide bonds. The highest BCUT2D eigenvalue weighted by atomic mass is 35.5. The molecule has 2 rings (SSSR count). The number of halogens is 2. The first kappa shape index (κ1) is 11.5. The minimum atomic E-state index is 0.494. The van der Waals surface area contributed by atoms with Crippen LogP contribution in [-0.2, 0) is 12.4 Å². The fourth-order valence-corrected chi connectivity index (χ4v) is 2.02. The number of hydrogen-bond donors (Lipinski definition) is 0. The summed E-state index contributed by atoms with van der Waals surface area (Å²) in [6, 6.07) is 7.79. The molecule has 0 aliphatic heterocycles. The van der Waals surface area contributed by atoms with Gasteiger partial charge < -0.3 is 0 Å². The quantitative estimate of drug-likeness (QED) is 0.766. The van der Waals surface area contributed by atoms with Crippen LogP contribution < -0.4 is 0 Å². The summed E-state index contributed by atoms with van der Waals surface area (Å²) in [7, 11) is 0. The first-order valence-electron chi connectivity index (χ1n) is 5.03. The van der Waals surface area contributed by atoms with Crippen molar-refractivity contribution in [3.8, 4) is 0 Å². The van der Waals surface area contributed by atoms with Gasteiger partial charge in [-0.15, -0.1) is 11.6 Å². The lowest BCUT2D eigenvalue weighted by Crippen LogP contribution is -2.04. The van der Waals surface area contributed by atoms with Gasteiger partial charge in [-0.3, -0.25) is 4.68 Å². The molecule has 0 radical (unpaired) electrons. The second-order valence-electron chi connectivity index (χ2n) is 3.64. The average Bonchev–Trinajstić information content (AvgIpc) is 2.63. The number of rotatable bonds is 3. The van der Waals surface area contributed by atoms with Crippen LogP contribution in [0.15, 0.2) is 30.5 Å². The zero-order valence-electron chi connectivity index (χ0n) is 8.95. The summed E-state index contributed by atoms with van der Waals surface area (Å²) >= 11 is 11.9. The molecule has 0 atom stereocenters. The molecule has 84 valence electrons. The highest BCUT2D eigenvalue weighted by molar-refractivity contribution is 6.31. The van der Waals surface area contributed by atoms with Crippen LogP contribution >= 0.6 is 23.2 Å². The van der Waals surface area contributed by atoms with E-state index in [4.69, 9.17) is 23.2 Å². The standard InChI is InChI=1S/C12H12Cl2N2/c1-9-11(6-13)7-15-16(9)8-10-4-2-3-5-12(10)14/h2-5,7H,6,8H2,1H3. The van der Waals surface area contributed by atoms with Crippen molar-refractivity contribution >= 4 is 23.2 Å². The molecule has 0 bridgehead atoms. The molecule has 0 spiro atoms. The van der Waals surface area contributed by atoms with Crippen molar-refractivity contribution in [1.82, 2.24) is 9.78 Å². The van der Waals surface area contributed by atoms with E-state index >= 15 is 0 Å². The molecule has 0 saturated carbocycles. The van der Waals surface area contributed by atoms with Crippen molar-refractivity contribution in [2.24, 2.45) is 0 Å². The summed E-state index contributed by atoms with van der Waals surface area (Å²) in [5.74, 6) is 0.494. The van der Waals surface area contributed by atoms with Crippen LogP contribution in [-0.4, -0.2) is 9.78 Å². The first-order chi connectivity index (χ1) is 7.72. The SMILES string of the molecule is Cc1c(CCl)cnn1Cc1ccccc1Cl. The van der Waals surface area contributed by atoms with Gasteiger partial charge in [0.15, 0.2) is 0 Å². The maximum absolute atomic E-state index is 6.10. The molecule has 0 N–H and O–H groups in total. The van der Waals surface area contributed by atoms with E-state index in [-0.39, 0.29) is 0 Å². The van der Waals surface area contributed by atoms with Gasteiger partial charge in [-0.05, 0) is 18.6 Å². The maximum atomic E-state index is 6.10. The molecule has 4 heteroatoms. The third-order valence-electron chi connectivity index (χ3n) is 2.63. The number of benzene rings is 1. The summed E-state index contributed by atoms with van der Waals surface area (Å²) in [6.07, 6.45) is 1.80. The molecule has 2 nitrogen and oxygen atoms in total. The number of hydrogen-bond acceptors (Lipinski definition) is 1. The van der Waals surface area contributed by atoms with Crippen LogP contribution in [0.25, 0.3) is 0 Å². The van der Waals surface area contributed by atoms with Gasteiger partial charge in [-0.25, -0.2) is 0 Å². The molecular formula is C12H12Cl2N2. The molecule has 16 heavy (non-hydrogen) atoms. The predicted molar refractivity (Wildman–Crippen MR) is 67.1 cm³/mol. The zero-order chi connectivity index (χ0) is 11.5. The molecule has 0 unspecified atom stereocenters. The third kappa shape index (κ3) is 2.23. The van der Waals surface area contributed by atoms with E-state index in [0.29, 0.717) is 12.4 Å². The van der Waals surface area contributed by atoms with Crippen molar-refractivity contribution in [2.75, 3.05) is 0 Å². The zero-order valence-corrected chi connectivity index (χ0v) is 10.5. The molecule has 0 aliphatic carbocycles. The van der Waals surface area contributed by atoms with E-state index in [9.17, 15) is 0 Å². The van der Waals surface area contributed by atoms with Gasteiger partial charge in [0.25, 0.3) is 0 Å². The Hall–Kier alpha value is -0.990. The Balaban J connectivity index is 2.27. The minimum Gasteiger partial charge on any atom is -0.265 e. The van der Waals surface area contributed by atoms with Crippen molar-refractivity contribution < 1.29 is 0 Å². The van der Waals surface area contributed by atoms with E-state index in [2.05, 4.69) is 5.10 Å². The normalized spacial score (nSPS) is 10.7. The lowest BCUT2D eigenvalue weighted by molar-refractivity contribution is 0.664. The van der Waals surface area contributed by atoms with E-state index < -0.39 is 0 Å². The molecule has 1 aromatic heterocycles. The minimum absolute atomic E-state index is 0.494. The van der Waals surface area contributed by atoms with Crippen LogP contribution in [0.5, 0.6) is 0 Å². The molecule has 1 aromatic carbocycles. The monoisotopic (exact) mass is 254 g/mol. The van der Waals surface area contributed by atoms with Crippen molar-refractivity contribution in [3.05, 3.63) is 52.3 Å². The summed E-state index contributed by atoms with van der Waals surface area (Å²) in [5, 5.41) is 5.06. The van der Waals surface area contributed by atoms with E-state index in [1.165, 1.54) is 0 Å². The van der Waals surface area contributed by atoms with Crippen LogP contribution in [0.3, 0.4) is 0 Å². The Morgan fingerprint density at radius 1 is 1.25 bits per heavy atom. The Bertz CT molecular complexity index is 492. The summed E-state index contributed by atoms with van der Waals surface area (Å²) < 4.78 is 1.92. The van der Waals surface area contributed by atoms with Crippen LogP contribution in [0.2, 0.25) is 5.02 Å². The van der Waals surface area contributed by atoms with Crippen LogP contribution in [0.1, 0.15) is 16.8 Å². The third-order valence-corrected chi connectivity index (χ3v) is 3.28. The van der Waals surface area contributed by atoms with Gasteiger partial charge in [0, 0.05) is 16.3 Å². The van der Waals surface area contributed by atoms with Gasteiger partial charge in [0.2, 0.25) is 0 Å². The highest BCUT2D eigenvalue weighted by Crippen LogP contribution is 2.18. The number of alkyl halides is 1. The van der Waals surface area contributed by atoms with Crippen LogP contribution in [0.4, 0.5) is 0 Å². The molecule has 1 heterocycles. The molecule has 2 aromatic rings. The lowest BCUT2D eigenvalue weighted by atomic mass is 10.2. The summed E-state index contributed by atoms with van der Waals surface area (Å²) in [4.78, 5) is 0. The summed E-state index contributed by atoms with van der Waals surface area (Å²) in [6.45, 7) is 2.70. The Morgan fingerprint density at radius 2 is 2.00 bits per heavy atom. The van der Waals surface area contributed by atoms with Gasteiger partial charge in [-0.1, -0.05) is 29.8 Å². The van der Waals surface area contributed by atoms with E-state index in [1.54, 1.807) is 6.20 Å². The van der Waals surface area contributed by atoms with Gasteiger partial charge in [0.05, 0.1) is 18.6 Å². The van der Waals surface area contributed by atoms with Crippen molar-refractivity contribution in [1.29, 1.82) is 0 Å². The van der Waals surface area contributed by atoms with Crippen molar-refractivity contribution in [3.63, 3.8) is 0 Å². The molecule has 0 saturated heterocycles. The van der Waals surface area contributed by atoms with Gasteiger partial charge >= 0.3 is 0 Å². The topological polar surface area (TPSA) is 17.8 Å². The Morgan fingerprint density at radius 3 is 2.62 bits per heavy atom. The molecular weight excluding hydrogens is 243 g/mol. The summed E-state index contributed by atoms with van der Waals surface area (Å²) in [5.41, 5.74) is 3.22. The smallest absolute Gasteiger partial charge is 0.0677 e. The second kappa shape index (κ2) is 4.89. The van der Waals surface area contributed by atoms with Crippen LogP contribution in [0, 0.1) is 6.92 Å². The first-order valence-corrected chi connectivity index (χ1v) is 5.94. The number of aromatic nitrogens is 2. The van der Waals surface area contributed by atoms with Gasteiger partial charge in [-0.2, -0.15) is 5.10 Å². The molecule has 0 aliphatic rings. The Labute approximate surface area is 105 Å². The highest BCUT2D eigenvalue weighted by Gasteiger charge is 2.07. The predicted octanol–water partition coefficient (Wildman–Crippen LogP) is 3.63. The lowest BCUT2D eigenvalue weighted by Gasteiger charge is -2.06. The largest absolute Gasteiger partial charge is 0.265 e. The van der Waals surface area contributed by atoms with Crippen molar-refractivity contribution in [2.45, 2.75) is 19.3 Å².